The van der Waals surface area contributed by atoms with E-state index in [1.54, 1.807) is 0 Å². The number of hydrogen-bond donors (Lipinski definition) is 0. The molecule has 0 N–H and O–H groups in total. The van der Waals surface area contributed by atoms with Gasteiger partial charge in [0.15, 0.2) is 18.3 Å². The molecule has 0 aromatic rings. The molecule has 2 saturated heterocycles. The van der Waals surface area contributed by atoms with E-state index in [0.29, 0.717) is 4.90 Å². The maximum atomic E-state index is 13.6. The van der Waals surface area contributed by atoms with E-state index in [2.05, 4.69) is 0 Å². The Kier molecular flexibility index (Phi) is 12.5. The minimum atomic E-state index is -5.36. The van der Waals surface area contributed by atoms with Crippen molar-refractivity contribution >= 4 is 41.7 Å². The Balaban J connectivity index is 2.60. The molecule has 248 valence electrons. The summed E-state index contributed by atoms with van der Waals surface area (Å²) in [7, 11) is 0. The minimum absolute atomic E-state index is 0.343. The molecule has 0 aromatic heterocycles. The summed E-state index contributed by atoms with van der Waals surface area (Å²) in [6, 6.07) is -1.55. The summed E-state index contributed by atoms with van der Waals surface area (Å²) in [4.78, 5) is 84.0. The van der Waals surface area contributed by atoms with Gasteiger partial charge in [-0.05, 0) is 12.8 Å². The van der Waals surface area contributed by atoms with Crippen LogP contribution in [0.3, 0.4) is 0 Å². The van der Waals surface area contributed by atoms with E-state index in [4.69, 9.17) is 33.2 Å². The fourth-order valence-electron chi connectivity index (χ4n) is 5.20. The molecule has 0 aliphatic carbocycles. The molecular weight excluding hydrogens is 607 g/mol. The van der Waals surface area contributed by atoms with E-state index in [1.807, 2.05) is 0 Å². The molecule has 2 aliphatic heterocycles. The molecule has 0 spiro atoms. The van der Waals surface area contributed by atoms with Crippen LogP contribution in [0.4, 0.5) is 13.2 Å². The van der Waals surface area contributed by atoms with Crippen LogP contribution >= 0.6 is 0 Å². The average Bonchev–Trinajstić information content (AvgIpc) is 3.17. The molecule has 2 heterocycles. The van der Waals surface area contributed by atoms with Gasteiger partial charge in [-0.1, -0.05) is 0 Å². The highest BCUT2D eigenvalue weighted by atomic mass is 19.4. The lowest BCUT2D eigenvalue weighted by atomic mass is 9.83. The highest BCUT2D eigenvalue weighted by Crippen LogP contribution is 2.38. The van der Waals surface area contributed by atoms with Gasteiger partial charge in [0.2, 0.25) is 6.29 Å². The monoisotopic (exact) mass is 641 g/mol. The number of carbonyl (C=O) groups excluding carboxylic acids is 7. The summed E-state index contributed by atoms with van der Waals surface area (Å²) < 4.78 is 77.8. The maximum absolute atomic E-state index is 13.6. The average molecular weight is 642 g/mol. The molecule has 8 atom stereocenters. The second-order valence-corrected chi connectivity index (χ2v) is 10.1. The van der Waals surface area contributed by atoms with E-state index in [0.717, 1.165) is 41.5 Å². The van der Waals surface area contributed by atoms with Crippen LogP contribution in [0.25, 0.3) is 0 Å². The first-order valence-electron chi connectivity index (χ1n) is 13.3. The number of halogens is 3. The Hall–Kier alpha value is -3.96. The van der Waals surface area contributed by atoms with E-state index >= 15 is 0 Å². The van der Waals surface area contributed by atoms with Crippen LogP contribution in [0, 0.1) is 5.92 Å². The Bertz CT molecular complexity index is 1130. The Morgan fingerprint density at radius 3 is 1.66 bits per heavy atom. The molecule has 0 aromatic carbocycles. The lowest BCUT2D eigenvalue weighted by molar-refractivity contribution is -0.288. The minimum Gasteiger partial charge on any atom is -0.463 e. The fourth-order valence-corrected chi connectivity index (χ4v) is 5.20. The second kappa shape index (κ2) is 15.2. The third-order valence-corrected chi connectivity index (χ3v) is 6.57. The zero-order chi connectivity index (χ0) is 33.5. The molecule has 44 heavy (non-hydrogen) atoms. The fraction of sp³-hybridized carbons (Fsp3) is 0.731. The summed E-state index contributed by atoms with van der Waals surface area (Å²) >= 11 is 0. The van der Waals surface area contributed by atoms with Crippen LogP contribution in [0.1, 0.15) is 54.4 Å². The van der Waals surface area contributed by atoms with Gasteiger partial charge in [0.1, 0.15) is 18.8 Å². The van der Waals surface area contributed by atoms with Crippen molar-refractivity contribution in [3.05, 3.63) is 0 Å². The molecule has 0 saturated carbocycles. The zero-order valence-electron chi connectivity index (χ0n) is 24.7. The van der Waals surface area contributed by atoms with Crippen molar-refractivity contribution in [2.45, 2.75) is 103 Å². The summed E-state index contributed by atoms with van der Waals surface area (Å²) in [6.45, 7) is 4.75. The number of ether oxygens (including phenoxy) is 7. The number of carbonyl (C=O) groups is 7. The third-order valence-electron chi connectivity index (χ3n) is 6.57. The van der Waals surface area contributed by atoms with Gasteiger partial charge in [-0.15, -0.1) is 0 Å². The molecule has 2 rings (SSSR count). The van der Waals surface area contributed by atoms with Crippen molar-refractivity contribution in [3.8, 4) is 0 Å². The zero-order valence-corrected chi connectivity index (χ0v) is 24.7. The molecule has 2 aliphatic rings. The van der Waals surface area contributed by atoms with Crippen molar-refractivity contribution in [1.82, 2.24) is 4.90 Å². The highest BCUT2D eigenvalue weighted by Gasteiger charge is 2.56. The number of esters is 6. The van der Waals surface area contributed by atoms with E-state index in [1.165, 1.54) is 0 Å². The summed E-state index contributed by atoms with van der Waals surface area (Å²) in [5.41, 5.74) is 0. The first-order valence-corrected chi connectivity index (χ1v) is 13.3. The predicted molar refractivity (Wildman–Crippen MR) is 134 cm³/mol. The molecule has 0 radical (unpaired) electrons. The smallest absolute Gasteiger partial charge is 0.463 e. The van der Waals surface area contributed by atoms with E-state index < -0.39 is 116 Å². The molecule has 2 fully saturated rings. The van der Waals surface area contributed by atoms with Crippen molar-refractivity contribution < 1.29 is 79.9 Å². The van der Waals surface area contributed by atoms with E-state index in [-0.39, 0.29) is 6.42 Å². The van der Waals surface area contributed by atoms with Crippen LogP contribution in [-0.4, -0.2) is 109 Å². The lowest BCUT2D eigenvalue weighted by Crippen LogP contribution is -2.59. The van der Waals surface area contributed by atoms with Crippen molar-refractivity contribution in [2.24, 2.45) is 5.92 Å². The first kappa shape index (κ1) is 36.2. The second-order valence-electron chi connectivity index (χ2n) is 10.1. The number of likely N-dealkylation sites (tertiary alicyclic amines) is 1. The molecular formula is C26H34F3NO14. The quantitative estimate of drug-likeness (QED) is 0.240. The summed E-state index contributed by atoms with van der Waals surface area (Å²) in [6.07, 6.45) is -15.0. The molecule has 18 heteroatoms. The number of rotatable bonds is 10. The standard InChI is InChI=1S/C26H34F3NO14/c1-11(31)38-10-20-21(40-13(3)33)17(22(41-14(4)34)24(44-20)43-16(6)36)7-8-18-23(42-15(5)35)19(39-12(2)32)9-30(18)25(37)26(27,28)29/h17-24H,7-10H2,1-6H3/t17-,18-,19-,20+,21+,22+,23+,24-/m0/s1. The SMILES string of the molecule is CC(=O)OC[C@H]1O[C@H](OC(C)=O)[C@H](OC(C)=O)[C@@H](CC[C@H]2[C@@H](OC(C)=O)[C@@H](OC(C)=O)CN2C(=O)C(F)(F)F)[C@H]1OC(C)=O. The van der Waals surface area contributed by atoms with Crippen LogP contribution < -0.4 is 0 Å². The highest BCUT2D eigenvalue weighted by molar-refractivity contribution is 5.83. The summed E-state index contributed by atoms with van der Waals surface area (Å²) in [5.74, 6) is -8.80. The normalized spacial score (nSPS) is 28.3. The van der Waals surface area contributed by atoms with E-state index in [9.17, 15) is 46.7 Å². The van der Waals surface area contributed by atoms with Crippen molar-refractivity contribution in [3.63, 3.8) is 0 Å². The Labute approximate surface area is 249 Å². The number of amides is 1. The van der Waals surface area contributed by atoms with Gasteiger partial charge >= 0.3 is 47.9 Å². The van der Waals surface area contributed by atoms with Crippen LogP contribution in [-0.2, 0) is 66.7 Å². The Morgan fingerprint density at radius 2 is 1.18 bits per heavy atom. The topological polar surface area (TPSA) is 187 Å². The van der Waals surface area contributed by atoms with Crippen molar-refractivity contribution in [1.29, 1.82) is 0 Å². The number of alkyl halides is 3. The van der Waals surface area contributed by atoms with Crippen molar-refractivity contribution in [2.75, 3.05) is 13.2 Å². The van der Waals surface area contributed by atoms with Crippen LogP contribution in [0.2, 0.25) is 0 Å². The van der Waals surface area contributed by atoms with Gasteiger partial charge in [0.05, 0.1) is 12.6 Å². The van der Waals surface area contributed by atoms with Gasteiger partial charge in [0, 0.05) is 47.5 Å². The van der Waals surface area contributed by atoms with Gasteiger partial charge in [0.25, 0.3) is 0 Å². The molecule has 0 unspecified atom stereocenters. The first-order chi connectivity index (χ1) is 20.3. The molecule has 15 nitrogen and oxygen atoms in total. The molecule has 1 amide bonds. The number of nitrogens with zero attached hydrogens (tertiary/aromatic N) is 1. The predicted octanol–water partition coefficient (Wildman–Crippen LogP) is 0.734. The summed E-state index contributed by atoms with van der Waals surface area (Å²) in [5, 5.41) is 0. The molecule has 0 bridgehead atoms. The lowest BCUT2D eigenvalue weighted by Gasteiger charge is -2.45. The van der Waals surface area contributed by atoms with Crippen LogP contribution in [0.5, 0.6) is 0 Å². The largest absolute Gasteiger partial charge is 0.471 e. The third kappa shape index (κ3) is 10.1. The van der Waals surface area contributed by atoms with Crippen LogP contribution in [0.15, 0.2) is 0 Å². The van der Waals surface area contributed by atoms with Gasteiger partial charge in [-0.2, -0.15) is 13.2 Å². The Morgan fingerprint density at radius 1 is 0.682 bits per heavy atom. The van der Waals surface area contributed by atoms with Gasteiger partial charge < -0.3 is 38.1 Å². The van der Waals surface area contributed by atoms with Gasteiger partial charge in [-0.3, -0.25) is 33.6 Å². The van der Waals surface area contributed by atoms with Gasteiger partial charge in [-0.25, -0.2) is 0 Å². The maximum Gasteiger partial charge on any atom is 0.471 e. The number of hydrogen-bond acceptors (Lipinski definition) is 14.